The lowest BCUT2D eigenvalue weighted by Crippen LogP contribution is -2.31. The van der Waals surface area contributed by atoms with Crippen LogP contribution in [-0.4, -0.2) is 28.0 Å². The van der Waals surface area contributed by atoms with Gasteiger partial charge in [0.2, 0.25) is 0 Å². The molecule has 1 aromatic heterocycles. The zero-order valence-corrected chi connectivity index (χ0v) is 18.2. The average Bonchev–Trinajstić information content (AvgIpc) is 2.98. The van der Waals surface area contributed by atoms with Gasteiger partial charge in [0.05, 0.1) is 0 Å². The molecule has 146 valence electrons. The number of fused-ring (bicyclic) bond motifs is 1. The monoisotopic (exact) mass is 412 g/mol. The summed E-state index contributed by atoms with van der Waals surface area (Å²) in [5.74, 6) is 1.32. The molecule has 0 fully saturated rings. The first-order valence-corrected chi connectivity index (χ1v) is 10.6. The summed E-state index contributed by atoms with van der Waals surface area (Å²) in [5.41, 5.74) is 6.42. The van der Waals surface area contributed by atoms with Crippen LogP contribution in [0.25, 0.3) is 0 Å². The second-order valence-electron chi connectivity index (χ2n) is 7.61. The highest BCUT2D eigenvalue weighted by molar-refractivity contribution is 8.00. The molecule has 1 N–H and O–H groups in total. The third-order valence-corrected chi connectivity index (χ3v) is 6.38. The number of aryl methyl sites for hydroxylation is 3. The minimum atomic E-state index is 0.315. The number of benzene rings is 2. The van der Waals surface area contributed by atoms with E-state index in [1.807, 2.05) is 24.7 Å². The van der Waals surface area contributed by atoms with Crippen LogP contribution in [0.1, 0.15) is 34.0 Å². The zero-order chi connectivity index (χ0) is 19.8. The largest absolute Gasteiger partial charge is 0.337 e. The predicted molar refractivity (Wildman–Crippen MR) is 118 cm³/mol. The molecule has 0 aliphatic carbocycles. The molecule has 0 amide bonds. The van der Waals surface area contributed by atoms with Crippen molar-refractivity contribution < 1.29 is 0 Å². The van der Waals surface area contributed by atoms with Gasteiger partial charge in [-0.3, -0.25) is 0 Å². The van der Waals surface area contributed by atoms with E-state index in [0.717, 1.165) is 34.6 Å². The van der Waals surface area contributed by atoms with Crippen LogP contribution in [0.3, 0.4) is 0 Å². The average molecular weight is 413 g/mol. The maximum Gasteiger partial charge on any atom is 0.135 e. The van der Waals surface area contributed by atoms with E-state index in [1.165, 1.54) is 22.3 Å². The Morgan fingerprint density at radius 2 is 2.00 bits per heavy atom. The van der Waals surface area contributed by atoms with Gasteiger partial charge < -0.3 is 14.2 Å². The van der Waals surface area contributed by atoms with Crippen molar-refractivity contribution in [3.63, 3.8) is 0 Å². The number of hydrogen-bond acceptors (Lipinski definition) is 4. The number of halogens is 1. The number of nitrogens with one attached hydrogen (secondary N) is 1. The highest BCUT2D eigenvalue weighted by Crippen LogP contribution is 2.37. The van der Waals surface area contributed by atoms with Crippen molar-refractivity contribution in [2.45, 2.75) is 31.3 Å². The number of imidazole rings is 1. The summed E-state index contributed by atoms with van der Waals surface area (Å²) in [6, 6.07) is 12.9. The molecular formula is C22H25ClN4S. The summed E-state index contributed by atoms with van der Waals surface area (Å²) in [4.78, 5) is 6.93. The maximum atomic E-state index is 6.40. The van der Waals surface area contributed by atoms with Gasteiger partial charge in [0, 0.05) is 54.9 Å². The third kappa shape index (κ3) is 3.93. The SMILES string of the molecule is Cc1cc(Cl)cc2c1CN(C)CC2c1cccc(NSc2cn(C)c(C)n2)c1. The summed E-state index contributed by atoms with van der Waals surface area (Å²) >= 11 is 7.94. The van der Waals surface area contributed by atoms with Crippen molar-refractivity contribution in [3.8, 4) is 0 Å². The quantitative estimate of drug-likeness (QED) is 0.582. The molecule has 0 saturated carbocycles. The van der Waals surface area contributed by atoms with Gasteiger partial charge in [0.25, 0.3) is 0 Å². The second-order valence-corrected chi connectivity index (χ2v) is 8.87. The molecule has 1 atom stereocenters. The Labute approximate surface area is 176 Å². The molecular weight excluding hydrogens is 388 g/mol. The van der Waals surface area contributed by atoms with Crippen LogP contribution >= 0.6 is 23.5 Å². The Balaban J connectivity index is 1.61. The summed E-state index contributed by atoms with van der Waals surface area (Å²) < 4.78 is 5.47. The van der Waals surface area contributed by atoms with Gasteiger partial charge in [-0.15, -0.1) is 0 Å². The number of aromatic nitrogens is 2. The lowest BCUT2D eigenvalue weighted by molar-refractivity contribution is 0.294. The summed E-state index contributed by atoms with van der Waals surface area (Å²) in [5, 5.41) is 1.79. The fraction of sp³-hybridized carbons (Fsp3) is 0.318. The van der Waals surface area contributed by atoms with Gasteiger partial charge in [-0.05, 0) is 67.4 Å². The van der Waals surface area contributed by atoms with Crippen molar-refractivity contribution in [1.82, 2.24) is 14.5 Å². The topological polar surface area (TPSA) is 33.1 Å². The summed E-state index contributed by atoms with van der Waals surface area (Å²) in [7, 11) is 4.20. The van der Waals surface area contributed by atoms with Crippen LogP contribution in [0.2, 0.25) is 5.02 Å². The fourth-order valence-electron chi connectivity index (χ4n) is 3.86. The Bertz CT molecular complexity index is 994. The van der Waals surface area contributed by atoms with Crippen LogP contribution in [0.15, 0.2) is 47.6 Å². The molecule has 0 spiro atoms. The van der Waals surface area contributed by atoms with Crippen molar-refractivity contribution in [1.29, 1.82) is 0 Å². The van der Waals surface area contributed by atoms with Crippen LogP contribution in [-0.2, 0) is 13.6 Å². The first-order valence-electron chi connectivity index (χ1n) is 9.41. The number of hydrogen-bond donors (Lipinski definition) is 1. The molecule has 0 bridgehead atoms. The maximum absolute atomic E-state index is 6.40. The van der Waals surface area contributed by atoms with E-state index in [2.05, 4.69) is 65.0 Å². The van der Waals surface area contributed by atoms with E-state index in [0.29, 0.717) is 5.92 Å². The lowest BCUT2D eigenvalue weighted by atomic mass is 9.83. The Morgan fingerprint density at radius 1 is 1.18 bits per heavy atom. The second kappa shape index (κ2) is 7.82. The van der Waals surface area contributed by atoms with E-state index in [4.69, 9.17) is 11.6 Å². The molecule has 1 aliphatic rings. The number of rotatable bonds is 4. The number of likely N-dealkylation sites (N-methyl/N-ethyl adjacent to an activating group) is 1. The van der Waals surface area contributed by atoms with Crippen molar-refractivity contribution in [3.05, 3.63) is 75.7 Å². The lowest BCUT2D eigenvalue weighted by Gasteiger charge is -2.34. The molecule has 1 unspecified atom stereocenters. The first-order chi connectivity index (χ1) is 13.4. The highest BCUT2D eigenvalue weighted by Gasteiger charge is 2.26. The van der Waals surface area contributed by atoms with Crippen molar-refractivity contribution in [2.24, 2.45) is 7.05 Å². The van der Waals surface area contributed by atoms with Crippen molar-refractivity contribution in [2.75, 3.05) is 18.3 Å². The summed E-state index contributed by atoms with van der Waals surface area (Å²) in [6.07, 6.45) is 2.04. The highest BCUT2D eigenvalue weighted by atomic mass is 35.5. The van der Waals surface area contributed by atoms with Gasteiger partial charge in [0.15, 0.2) is 0 Å². The Kier molecular flexibility index (Phi) is 5.41. The van der Waals surface area contributed by atoms with Crippen LogP contribution in [0.5, 0.6) is 0 Å². The zero-order valence-electron chi connectivity index (χ0n) is 16.7. The van der Waals surface area contributed by atoms with Crippen LogP contribution in [0.4, 0.5) is 5.69 Å². The molecule has 4 nitrogen and oxygen atoms in total. The van der Waals surface area contributed by atoms with Gasteiger partial charge >= 0.3 is 0 Å². The van der Waals surface area contributed by atoms with E-state index in [1.54, 1.807) is 11.9 Å². The molecule has 4 rings (SSSR count). The fourth-order valence-corrected chi connectivity index (χ4v) is 4.88. The van der Waals surface area contributed by atoms with Crippen molar-refractivity contribution >= 4 is 29.2 Å². The predicted octanol–water partition coefficient (Wildman–Crippen LogP) is 5.39. The summed E-state index contributed by atoms with van der Waals surface area (Å²) in [6.45, 7) is 6.13. The molecule has 0 radical (unpaired) electrons. The van der Waals surface area contributed by atoms with E-state index in [9.17, 15) is 0 Å². The number of anilines is 1. The van der Waals surface area contributed by atoms with Crippen LogP contribution < -0.4 is 4.72 Å². The van der Waals surface area contributed by atoms with Gasteiger partial charge in [-0.25, -0.2) is 4.98 Å². The van der Waals surface area contributed by atoms with E-state index >= 15 is 0 Å². The minimum Gasteiger partial charge on any atom is -0.337 e. The van der Waals surface area contributed by atoms with Gasteiger partial charge in [0.1, 0.15) is 10.9 Å². The molecule has 2 heterocycles. The number of nitrogens with zero attached hydrogens (tertiary/aromatic N) is 3. The molecule has 1 aliphatic heterocycles. The first kappa shape index (κ1) is 19.4. The van der Waals surface area contributed by atoms with E-state index < -0.39 is 0 Å². The smallest absolute Gasteiger partial charge is 0.135 e. The molecule has 3 aromatic rings. The van der Waals surface area contributed by atoms with Gasteiger partial charge in [-0.1, -0.05) is 23.7 Å². The molecule has 28 heavy (non-hydrogen) atoms. The minimum absolute atomic E-state index is 0.315. The van der Waals surface area contributed by atoms with E-state index in [-0.39, 0.29) is 0 Å². The molecule has 0 saturated heterocycles. The molecule has 2 aromatic carbocycles. The van der Waals surface area contributed by atoms with Crippen LogP contribution in [0, 0.1) is 13.8 Å². The standard InChI is InChI=1S/C22H25ClN4S/c1-14-8-17(23)10-19-20(14)11-26(3)12-21(19)16-6-5-7-18(9-16)25-28-22-13-27(4)15(2)24-22/h5-10,13,21,25H,11-12H2,1-4H3. The Morgan fingerprint density at radius 3 is 2.75 bits per heavy atom. The van der Waals surface area contributed by atoms with Gasteiger partial charge in [-0.2, -0.15) is 0 Å². The third-order valence-electron chi connectivity index (χ3n) is 5.42. The normalized spacial score (nSPS) is 16.8. The molecule has 6 heteroatoms. The Hall–Kier alpha value is -1.95.